The number of piperidine rings is 1. The maximum atomic E-state index is 12.7. The SMILES string of the molecule is CC1(c2nc(COCC(F)(F)C(F)F)no2)CCNCC1. The molecular weight excluding hydrogens is 294 g/mol. The van der Waals surface area contributed by atoms with Gasteiger partial charge in [0.05, 0.1) is 0 Å². The number of ether oxygens (including phenoxy) is 1. The summed E-state index contributed by atoms with van der Waals surface area (Å²) in [5.41, 5.74) is -0.261. The van der Waals surface area contributed by atoms with Gasteiger partial charge in [0.25, 0.3) is 0 Å². The molecule has 21 heavy (non-hydrogen) atoms. The molecule has 120 valence electrons. The lowest BCUT2D eigenvalue weighted by Crippen LogP contribution is -2.37. The first-order chi connectivity index (χ1) is 9.83. The van der Waals surface area contributed by atoms with E-state index in [0.29, 0.717) is 5.89 Å². The Morgan fingerprint density at radius 3 is 2.67 bits per heavy atom. The molecule has 0 atom stereocenters. The summed E-state index contributed by atoms with van der Waals surface area (Å²) in [5, 5.41) is 6.85. The highest BCUT2D eigenvalue weighted by Gasteiger charge is 2.41. The fraction of sp³-hybridized carbons (Fsp3) is 0.833. The molecule has 1 saturated heterocycles. The second-order valence-corrected chi connectivity index (χ2v) is 5.38. The summed E-state index contributed by atoms with van der Waals surface area (Å²) in [6.07, 6.45) is -2.12. The molecule has 0 unspecified atom stereocenters. The number of alkyl halides is 4. The Kier molecular flexibility index (Phi) is 4.82. The van der Waals surface area contributed by atoms with Gasteiger partial charge in [0.15, 0.2) is 5.82 Å². The van der Waals surface area contributed by atoms with Gasteiger partial charge < -0.3 is 14.6 Å². The topological polar surface area (TPSA) is 60.2 Å². The van der Waals surface area contributed by atoms with Crippen LogP contribution in [0, 0.1) is 0 Å². The lowest BCUT2D eigenvalue weighted by atomic mass is 9.81. The zero-order valence-electron chi connectivity index (χ0n) is 11.5. The van der Waals surface area contributed by atoms with E-state index in [1.807, 2.05) is 6.92 Å². The molecule has 2 heterocycles. The molecule has 0 amide bonds. The Balaban J connectivity index is 1.89. The van der Waals surface area contributed by atoms with Crippen LogP contribution in [-0.2, 0) is 16.8 Å². The van der Waals surface area contributed by atoms with Crippen molar-refractivity contribution >= 4 is 0 Å². The van der Waals surface area contributed by atoms with E-state index < -0.39 is 19.0 Å². The van der Waals surface area contributed by atoms with Crippen LogP contribution in [-0.4, -0.2) is 42.2 Å². The van der Waals surface area contributed by atoms with Crippen molar-refractivity contribution in [1.29, 1.82) is 0 Å². The van der Waals surface area contributed by atoms with Crippen LogP contribution in [0.1, 0.15) is 31.5 Å². The molecule has 5 nitrogen and oxygen atoms in total. The van der Waals surface area contributed by atoms with E-state index in [1.165, 1.54) is 0 Å². The Morgan fingerprint density at radius 1 is 1.38 bits per heavy atom. The minimum Gasteiger partial charge on any atom is -0.367 e. The number of rotatable bonds is 6. The van der Waals surface area contributed by atoms with Gasteiger partial charge in [-0.3, -0.25) is 0 Å². The fourth-order valence-electron chi connectivity index (χ4n) is 2.09. The molecule has 1 aliphatic rings. The third kappa shape index (κ3) is 3.91. The van der Waals surface area contributed by atoms with Gasteiger partial charge in [-0.1, -0.05) is 12.1 Å². The van der Waals surface area contributed by atoms with Gasteiger partial charge in [-0.05, 0) is 25.9 Å². The highest BCUT2D eigenvalue weighted by atomic mass is 19.3. The van der Waals surface area contributed by atoms with Gasteiger partial charge in [-0.25, -0.2) is 8.78 Å². The predicted molar refractivity (Wildman–Crippen MR) is 64.4 cm³/mol. The molecule has 1 aromatic heterocycles. The fourth-order valence-corrected chi connectivity index (χ4v) is 2.09. The van der Waals surface area contributed by atoms with Crippen molar-refractivity contribution in [1.82, 2.24) is 15.5 Å². The summed E-state index contributed by atoms with van der Waals surface area (Å²) in [6, 6.07) is 0. The van der Waals surface area contributed by atoms with Crippen LogP contribution in [0.4, 0.5) is 17.6 Å². The van der Waals surface area contributed by atoms with E-state index in [9.17, 15) is 17.6 Å². The van der Waals surface area contributed by atoms with Gasteiger partial charge in [-0.15, -0.1) is 0 Å². The smallest absolute Gasteiger partial charge is 0.330 e. The Morgan fingerprint density at radius 2 is 2.05 bits per heavy atom. The lowest BCUT2D eigenvalue weighted by molar-refractivity contribution is -0.168. The van der Waals surface area contributed by atoms with Crippen LogP contribution in [0.2, 0.25) is 0 Å². The molecule has 1 aliphatic heterocycles. The normalized spacial score (nSPS) is 19.1. The van der Waals surface area contributed by atoms with Gasteiger partial charge in [-0.2, -0.15) is 13.8 Å². The van der Waals surface area contributed by atoms with Crippen LogP contribution in [0.25, 0.3) is 0 Å². The first kappa shape index (κ1) is 16.2. The number of nitrogens with zero attached hydrogens (tertiary/aromatic N) is 2. The molecule has 9 heteroatoms. The maximum Gasteiger partial charge on any atom is 0.330 e. The zero-order valence-corrected chi connectivity index (χ0v) is 11.5. The number of nitrogens with one attached hydrogen (secondary N) is 1. The van der Waals surface area contributed by atoms with Crippen LogP contribution >= 0.6 is 0 Å². The van der Waals surface area contributed by atoms with Crippen molar-refractivity contribution in [3.8, 4) is 0 Å². The minimum absolute atomic E-state index is 0.0785. The number of aromatic nitrogens is 2. The lowest BCUT2D eigenvalue weighted by Gasteiger charge is -2.30. The summed E-state index contributed by atoms with van der Waals surface area (Å²) < 4.78 is 58.9. The summed E-state index contributed by atoms with van der Waals surface area (Å²) in [5.74, 6) is -3.67. The van der Waals surface area contributed by atoms with Crippen LogP contribution in [0.5, 0.6) is 0 Å². The molecule has 0 spiro atoms. The largest absolute Gasteiger partial charge is 0.367 e. The molecule has 0 saturated carbocycles. The molecule has 2 rings (SSSR count). The molecule has 1 aromatic rings. The zero-order chi connectivity index (χ0) is 15.5. The van der Waals surface area contributed by atoms with Crippen LogP contribution < -0.4 is 5.32 Å². The highest BCUT2D eigenvalue weighted by Crippen LogP contribution is 2.31. The van der Waals surface area contributed by atoms with E-state index in [-0.39, 0.29) is 17.8 Å². The average Bonchev–Trinajstić information content (AvgIpc) is 2.89. The number of hydrogen-bond acceptors (Lipinski definition) is 5. The number of hydrogen-bond donors (Lipinski definition) is 1. The molecule has 0 bridgehead atoms. The van der Waals surface area contributed by atoms with Gasteiger partial charge in [0.2, 0.25) is 5.89 Å². The van der Waals surface area contributed by atoms with Gasteiger partial charge in [0.1, 0.15) is 13.2 Å². The Hall–Kier alpha value is -1.22. The molecule has 0 radical (unpaired) electrons. The number of halogens is 4. The van der Waals surface area contributed by atoms with E-state index >= 15 is 0 Å². The summed E-state index contributed by atoms with van der Waals surface area (Å²) in [7, 11) is 0. The summed E-state index contributed by atoms with van der Waals surface area (Å²) in [6.45, 7) is 1.86. The van der Waals surface area contributed by atoms with Crippen molar-refractivity contribution < 1.29 is 26.8 Å². The standard InChI is InChI=1S/C12H17F4N3O2/c1-11(2-4-17-5-3-11)10-18-8(19-21-10)6-20-7-12(15,16)9(13)14/h9,17H,2-7H2,1H3. The second kappa shape index (κ2) is 6.27. The van der Waals surface area contributed by atoms with Crippen LogP contribution in [0.3, 0.4) is 0 Å². The third-order valence-corrected chi connectivity index (χ3v) is 3.54. The van der Waals surface area contributed by atoms with Crippen molar-refractivity contribution in [2.24, 2.45) is 0 Å². The summed E-state index contributed by atoms with van der Waals surface area (Å²) in [4.78, 5) is 4.11. The van der Waals surface area contributed by atoms with E-state index in [1.54, 1.807) is 0 Å². The quantitative estimate of drug-likeness (QED) is 0.816. The maximum absolute atomic E-state index is 12.7. The van der Waals surface area contributed by atoms with Crippen molar-refractivity contribution in [3.05, 3.63) is 11.7 Å². The highest BCUT2D eigenvalue weighted by molar-refractivity contribution is 5.05. The molecule has 0 aromatic carbocycles. The Bertz CT molecular complexity index is 461. The van der Waals surface area contributed by atoms with Gasteiger partial charge >= 0.3 is 12.3 Å². The molecule has 0 aliphatic carbocycles. The summed E-state index contributed by atoms with van der Waals surface area (Å²) >= 11 is 0. The van der Waals surface area contributed by atoms with Crippen LogP contribution in [0.15, 0.2) is 4.52 Å². The molecular formula is C12H17F4N3O2. The van der Waals surface area contributed by atoms with Crippen molar-refractivity contribution in [2.45, 2.75) is 44.1 Å². The third-order valence-electron chi connectivity index (χ3n) is 3.54. The second-order valence-electron chi connectivity index (χ2n) is 5.38. The monoisotopic (exact) mass is 311 g/mol. The Labute approximate surface area is 119 Å². The van der Waals surface area contributed by atoms with Gasteiger partial charge in [0, 0.05) is 5.41 Å². The van der Waals surface area contributed by atoms with E-state index in [4.69, 9.17) is 4.52 Å². The molecule has 1 N–H and O–H groups in total. The van der Waals surface area contributed by atoms with E-state index in [2.05, 4.69) is 20.2 Å². The first-order valence-electron chi connectivity index (χ1n) is 6.61. The molecule has 1 fully saturated rings. The minimum atomic E-state index is -4.17. The van der Waals surface area contributed by atoms with E-state index in [0.717, 1.165) is 25.9 Å². The van der Waals surface area contributed by atoms with Crippen molar-refractivity contribution in [2.75, 3.05) is 19.7 Å². The predicted octanol–water partition coefficient (Wildman–Crippen LogP) is 2.13. The average molecular weight is 311 g/mol. The first-order valence-corrected chi connectivity index (χ1v) is 6.61. The van der Waals surface area contributed by atoms with Crippen molar-refractivity contribution in [3.63, 3.8) is 0 Å².